The van der Waals surface area contributed by atoms with E-state index in [1.807, 2.05) is 30.3 Å². The highest BCUT2D eigenvalue weighted by Crippen LogP contribution is 2.26. The minimum absolute atomic E-state index is 0.224. The van der Waals surface area contributed by atoms with Crippen LogP contribution in [-0.2, 0) is 4.74 Å². The number of para-hydroxylation sites is 1. The summed E-state index contributed by atoms with van der Waals surface area (Å²) in [7, 11) is 0. The number of rotatable bonds is 6. The van der Waals surface area contributed by atoms with Crippen LogP contribution >= 0.6 is 11.6 Å². The molecular weight excluding hydrogens is 421 g/mol. The first-order chi connectivity index (χ1) is 14.3. The number of piperidine rings is 1. The predicted molar refractivity (Wildman–Crippen MR) is 108 cm³/mol. The van der Waals surface area contributed by atoms with Crippen LogP contribution in [0, 0.1) is 0 Å². The first-order valence-electron chi connectivity index (χ1n) is 9.53. The van der Waals surface area contributed by atoms with Gasteiger partial charge in [0.1, 0.15) is 11.9 Å². The fourth-order valence-corrected chi connectivity index (χ4v) is 3.34. The average Bonchev–Trinajstić information content (AvgIpc) is 2.70. The molecule has 0 aliphatic carbocycles. The number of amides is 1. The molecule has 5 nitrogen and oxygen atoms in total. The smallest absolute Gasteiger partial charge is 0.426 e. The maximum Gasteiger partial charge on any atom is 0.426 e. The lowest BCUT2D eigenvalue weighted by atomic mass is 10.1. The third kappa shape index (κ3) is 6.81. The fraction of sp³-hybridized carbons (Fsp3) is 0.381. The van der Waals surface area contributed by atoms with E-state index in [0.29, 0.717) is 36.0 Å². The molecule has 162 valence electrons. The molecule has 0 spiro atoms. The number of nitrogens with one attached hydrogen (secondary N) is 1. The summed E-state index contributed by atoms with van der Waals surface area (Å²) in [5.41, 5.74) is 0.291. The van der Waals surface area contributed by atoms with Crippen molar-refractivity contribution in [3.05, 3.63) is 59.6 Å². The lowest BCUT2D eigenvalue weighted by molar-refractivity contribution is -0.207. The summed E-state index contributed by atoms with van der Waals surface area (Å²) in [5, 5.41) is 2.73. The summed E-state index contributed by atoms with van der Waals surface area (Å²) in [5.74, 6) is 0.676. The van der Waals surface area contributed by atoms with Crippen molar-refractivity contribution < 1.29 is 27.4 Å². The highest BCUT2D eigenvalue weighted by molar-refractivity contribution is 6.30. The standard InChI is InChI=1S/C21H22ClF3N2O3/c22-15-8-10-16(11-9-15)26-20(28)30-19(21(23,24)25)14-27-12-4-7-18(13-27)29-17-5-2-1-3-6-17/h1-3,5-6,8-11,18-19H,4,7,12-14H2,(H,26,28). The molecule has 1 fully saturated rings. The highest BCUT2D eigenvalue weighted by Gasteiger charge is 2.44. The predicted octanol–water partition coefficient (Wildman–Crippen LogP) is 5.36. The second-order valence-electron chi connectivity index (χ2n) is 7.02. The molecule has 2 unspecified atom stereocenters. The number of alkyl halides is 3. The minimum Gasteiger partial charge on any atom is -0.489 e. The van der Waals surface area contributed by atoms with E-state index >= 15 is 0 Å². The Morgan fingerprint density at radius 3 is 2.53 bits per heavy atom. The van der Waals surface area contributed by atoms with Crippen LogP contribution in [0.15, 0.2) is 54.6 Å². The monoisotopic (exact) mass is 442 g/mol. The molecule has 2 aromatic rings. The number of benzene rings is 2. The number of halogens is 4. The Bertz CT molecular complexity index is 818. The fourth-order valence-electron chi connectivity index (χ4n) is 3.22. The summed E-state index contributed by atoms with van der Waals surface area (Å²) >= 11 is 5.76. The Labute approximate surface area is 177 Å². The van der Waals surface area contributed by atoms with Crippen LogP contribution in [0.25, 0.3) is 0 Å². The number of carbonyl (C=O) groups excluding carboxylic acids is 1. The SMILES string of the molecule is O=C(Nc1ccc(Cl)cc1)OC(CN1CCCC(Oc2ccccc2)C1)C(F)(F)F. The molecule has 1 saturated heterocycles. The van der Waals surface area contributed by atoms with Crippen LogP contribution in [0.3, 0.4) is 0 Å². The maximum atomic E-state index is 13.5. The van der Waals surface area contributed by atoms with Crippen molar-refractivity contribution in [3.63, 3.8) is 0 Å². The van der Waals surface area contributed by atoms with Gasteiger partial charge in [0.25, 0.3) is 0 Å². The molecule has 30 heavy (non-hydrogen) atoms. The van der Waals surface area contributed by atoms with Gasteiger partial charge in [-0.2, -0.15) is 13.2 Å². The van der Waals surface area contributed by atoms with Gasteiger partial charge in [-0.25, -0.2) is 4.79 Å². The van der Waals surface area contributed by atoms with E-state index in [1.165, 1.54) is 24.3 Å². The summed E-state index contributed by atoms with van der Waals surface area (Å²) in [6, 6.07) is 15.1. The van der Waals surface area contributed by atoms with Crippen molar-refractivity contribution >= 4 is 23.4 Å². The van der Waals surface area contributed by atoms with Gasteiger partial charge in [0.05, 0.1) is 0 Å². The zero-order chi connectivity index (χ0) is 21.6. The Balaban J connectivity index is 1.57. The number of anilines is 1. The van der Waals surface area contributed by atoms with Gasteiger partial charge in [-0.1, -0.05) is 29.8 Å². The zero-order valence-electron chi connectivity index (χ0n) is 16.1. The van der Waals surface area contributed by atoms with Gasteiger partial charge in [-0.3, -0.25) is 10.2 Å². The molecule has 0 radical (unpaired) electrons. The van der Waals surface area contributed by atoms with Crippen molar-refractivity contribution in [3.8, 4) is 5.75 Å². The van der Waals surface area contributed by atoms with E-state index in [2.05, 4.69) is 5.32 Å². The molecule has 0 bridgehead atoms. The Hall–Kier alpha value is -2.45. The van der Waals surface area contributed by atoms with Gasteiger partial charge < -0.3 is 9.47 Å². The molecule has 0 aromatic heterocycles. The molecule has 9 heteroatoms. The van der Waals surface area contributed by atoms with E-state index in [1.54, 1.807) is 4.90 Å². The summed E-state index contributed by atoms with van der Waals surface area (Å²) < 4.78 is 51.1. The Morgan fingerprint density at radius 1 is 1.17 bits per heavy atom. The van der Waals surface area contributed by atoms with Crippen LogP contribution in [-0.4, -0.2) is 49.0 Å². The third-order valence-electron chi connectivity index (χ3n) is 4.64. The van der Waals surface area contributed by atoms with Gasteiger partial charge in [0.15, 0.2) is 0 Å². The number of ether oxygens (including phenoxy) is 2. The molecule has 1 N–H and O–H groups in total. The van der Waals surface area contributed by atoms with E-state index < -0.39 is 24.9 Å². The van der Waals surface area contributed by atoms with Crippen molar-refractivity contribution in [2.75, 3.05) is 25.0 Å². The molecule has 1 aliphatic heterocycles. The zero-order valence-corrected chi connectivity index (χ0v) is 16.8. The molecule has 0 saturated carbocycles. The number of hydrogen-bond acceptors (Lipinski definition) is 4. The van der Waals surface area contributed by atoms with Crippen molar-refractivity contribution in [2.45, 2.75) is 31.2 Å². The molecular formula is C21H22ClF3N2O3. The van der Waals surface area contributed by atoms with Crippen LogP contribution in [0.5, 0.6) is 5.75 Å². The van der Waals surface area contributed by atoms with E-state index in [0.717, 1.165) is 6.42 Å². The number of carbonyl (C=O) groups is 1. The van der Waals surface area contributed by atoms with Crippen LogP contribution < -0.4 is 10.1 Å². The second-order valence-corrected chi connectivity index (χ2v) is 7.46. The van der Waals surface area contributed by atoms with Gasteiger partial charge in [0.2, 0.25) is 6.10 Å². The van der Waals surface area contributed by atoms with Gasteiger partial charge >= 0.3 is 12.3 Å². The van der Waals surface area contributed by atoms with Crippen LogP contribution in [0.1, 0.15) is 12.8 Å². The second kappa shape index (κ2) is 10.0. The molecule has 2 atom stereocenters. The van der Waals surface area contributed by atoms with Gasteiger partial charge in [0, 0.05) is 23.8 Å². The Kier molecular flexibility index (Phi) is 7.44. The largest absolute Gasteiger partial charge is 0.489 e. The molecule has 2 aromatic carbocycles. The molecule has 1 heterocycles. The topological polar surface area (TPSA) is 50.8 Å². The lowest BCUT2D eigenvalue weighted by Crippen LogP contribution is -2.49. The molecule has 3 rings (SSSR count). The van der Waals surface area contributed by atoms with E-state index in [9.17, 15) is 18.0 Å². The van der Waals surface area contributed by atoms with Crippen LogP contribution in [0.4, 0.5) is 23.7 Å². The quantitative estimate of drug-likeness (QED) is 0.654. The normalized spacial score (nSPS) is 18.5. The number of likely N-dealkylation sites (tertiary alicyclic amines) is 1. The van der Waals surface area contributed by atoms with Crippen molar-refractivity contribution in [2.24, 2.45) is 0 Å². The minimum atomic E-state index is -4.69. The molecule has 1 amide bonds. The highest BCUT2D eigenvalue weighted by atomic mass is 35.5. The van der Waals surface area contributed by atoms with E-state index in [-0.39, 0.29) is 6.10 Å². The summed E-state index contributed by atoms with van der Waals surface area (Å²) in [6.07, 6.45) is -6.89. The van der Waals surface area contributed by atoms with Crippen molar-refractivity contribution in [1.82, 2.24) is 4.90 Å². The summed E-state index contributed by atoms with van der Waals surface area (Å²) in [4.78, 5) is 13.6. The van der Waals surface area contributed by atoms with Crippen LogP contribution in [0.2, 0.25) is 5.02 Å². The molecule has 1 aliphatic rings. The van der Waals surface area contributed by atoms with Gasteiger partial charge in [-0.15, -0.1) is 0 Å². The lowest BCUT2D eigenvalue weighted by Gasteiger charge is -2.35. The van der Waals surface area contributed by atoms with E-state index in [4.69, 9.17) is 21.1 Å². The first-order valence-corrected chi connectivity index (χ1v) is 9.91. The first kappa shape index (κ1) is 22.2. The summed E-state index contributed by atoms with van der Waals surface area (Å²) in [6.45, 7) is 0.346. The average molecular weight is 443 g/mol. The third-order valence-corrected chi connectivity index (χ3v) is 4.89. The number of hydrogen-bond donors (Lipinski definition) is 1. The van der Waals surface area contributed by atoms with Crippen molar-refractivity contribution in [1.29, 1.82) is 0 Å². The Morgan fingerprint density at radius 2 is 1.87 bits per heavy atom. The maximum absolute atomic E-state index is 13.5. The van der Waals surface area contributed by atoms with Gasteiger partial charge in [-0.05, 0) is 55.8 Å². The number of nitrogens with zero attached hydrogens (tertiary/aromatic N) is 1.